The zero-order valence-electron chi connectivity index (χ0n) is 13.6. The van der Waals surface area contributed by atoms with Gasteiger partial charge in [0.2, 0.25) is 14.9 Å². The van der Waals surface area contributed by atoms with Gasteiger partial charge < -0.3 is 9.64 Å². The van der Waals surface area contributed by atoms with Crippen molar-refractivity contribution < 1.29 is 22.9 Å². The van der Waals surface area contributed by atoms with Crippen molar-refractivity contribution in [2.75, 3.05) is 13.1 Å². The van der Waals surface area contributed by atoms with E-state index >= 15 is 0 Å². The van der Waals surface area contributed by atoms with Crippen LogP contribution in [0.25, 0.3) is 0 Å². The van der Waals surface area contributed by atoms with Crippen LogP contribution in [0.3, 0.4) is 0 Å². The molecule has 1 saturated heterocycles. The quantitative estimate of drug-likeness (QED) is 0.597. The fraction of sp³-hybridized carbons (Fsp3) is 0.571. The maximum absolute atomic E-state index is 12.7. The Hall–Kier alpha value is -2.23. The van der Waals surface area contributed by atoms with Gasteiger partial charge in [-0.05, 0) is 33.3 Å². The molecule has 24 heavy (non-hydrogen) atoms. The standard InChI is InChI=1S/C14H19N3O6S/c1-14(2,3)23-13(18)16-8-6-10(9-16)24(21,22)12-11(17(19)20)5-4-7-15-12/h4-5,7,10H,6,8-9H2,1-3H3/t10-/m0/s1. The third kappa shape index (κ3) is 3.81. The first-order valence-corrected chi connectivity index (χ1v) is 8.88. The number of rotatable bonds is 3. The average molecular weight is 357 g/mol. The third-order valence-electron chi connectivity index (χ3n) is 3.45. The Labute approximate surface area is 139 Å². The molecule has 9 nitrogen and oxygen atoms in total. The normalized spacial score (nSPS) is 18.5. The van der Waals surface area contributed by atoms with Crippen LogP contribution in [0.5, 0.6) is 0 Å². The largest absolute Gasteiger partial charge is 0.444 e. The van der Waals surface area contributed by atoms with E-state index in [4.69, 9.17) is 4.74 Å². The summed E-state index contributed by atoms with van der Waals surface area (Å²) in [5.74, 6) is 0. The van der Waals surface area contributed by atoms with Gasteiger partial charge in [0.25, 0.3) is 0 Å². The van der Waals surface area contributed by atoms with E-state index in [2.05, 4.69) is 4.98 Å². The second-order valence-corrected chi connectivity index (χ2v) is 8.61. The van der Waals surface area contributed by atoms with E-state index in [0.29, 0.717) is 0 Å². The Bertz CT molecular complexity index is 756. The first-order chi connectivity index (χ1) is 11.0. The summed E-state index contributed by atoms with van der Waals surface area (Å²) in [6.07, 6.45) is 0.770. The minimum absolute atomic E-state index is 0.0784. The zero-order valence-corrected chi connectivity index (χ0v) is 14.4. The Morgan fingerprint density at radius 2 is 2.12 bits per heavy atom. The maximum atomic E-state index is 12.7. The Morgan fingerprint density at radius 3 is 2.71 bits per heavy atom. The average Bonchev–Trinajstić information content (AvgIpc) is 2.96. The Balaban J connectivity index is 2.21. The summed E-state index contributed by atoms with van der Waals surface area (Å²) in [4.78, 5) is 27.3. The van der Waals surface area contributed by atoms with Crippen LogP contribution >= 0.6 is 0 Å². The molecule has 1 amide bonds. The van der Waals surface area contributed by atoms with Crippen molar-refractivity contribution in [1.29, 1.82) is 0 Å². The predicted molar refractivity (Wildman–Crippen MR) is 84.3 cm³/mol. The maximum Gasteiger partial charge on any atom is 0.410 e. The fourth-order valence-corrected chi connectivity index (χ4v) is 4.12. The van der Waals surface area contributed by atoms with Crippen LogP contribution < -0.4 is 0 Å². The SMILES string of the molecule is CC(C)(C)OC(=O)N1CC[C@H](S(=O)(=O)c2ncccc2[N+](=O)[O-])C1. The molecule has 0 unspecified atom stereocenters. The molecule has 0 N–H and O–H groups in total. The number of sulfone groups is 1. The lowest BCUT2D eigenvalue weighted by Gasteiger charge is -2.24. The lowest BCUT2D eigenvalue weighted by molar-refractivity contribution is -0.388. The molecule has 1 aromatic rings. The van der Waals surface area contributed by atoms with Crippen LogP contribution in [0, 0.1) is 10.1 Å². The smallest absolute Gasteiger partial charge is 0.410 e. The fourth-order valence-electron chi connectivity index (χ4n) is 2.37. The molecule has 10 heteroatoms. The minimum atomic E-state index is -4.03. The summed E-state index contributed by atoms with van der Waals surface area (Å²) in [6.45, 7) is 5.27. The van der Waals surface area contributed by atoms with E-state index in [1.54, 1.807) is 20.8 Å². The van der Waals surface area contributed by atoms with Crippen molar-refractivity contribution in [3.8, 4) is 0 Å². The highest BCUT2D eigenvalue weighted by atomic mass is 32.2. The number of hydrogen-bond acceptors (Lipinski definition) is 7. The van der Waals surface area contributed by atoms with Crippen LogP contribution in [-0.4, -0.2) is 53.3 Å². The highest BCUT2D eigenvalue weighted by molar-refractivity contribution is 7.92. The highest BCUT2D eigenvalue weighted by Crippen LogP contribution is 2.29. The summed E-state index contributed by atoms with van der Waals surface area (Å²) < 4.78 is 30.6. The van der Waals surface area contributed by atoms with Gasteiger partial charge in [-0.2, -0.15) is 0 Å². The molecule has 0 saturated carbocycles. The number of nitro groups is 1. The van der Waals surface area contributed by atoms with E-state index in [0.717, 1.165) is 6.07 Å². The highest BCUT2D eigenvalue weighted by Gasteiger charge is 2.41. The summed E-state index contributed by atoms with van der Waals surface area (Å²) in [6, 6.07) is 2.40. The van der Waals surface area contributed by atoms with E-state index < -0.39 is 42.4 Å². The Morgan fingerprint density at radius 1 is 1.46 bits per heavy atom. The van der Waals surface area contributed by atoms with Crippen molar-refractivity contribution in [2.45, 2.75) is 43.1 Å². The molecular weight excluding hydrogens is 338 g/mol. The van der Waals surface area contributed by atoms with E-state index in [1.165, 1.54) is 17.2 Å². The lowest BCUT2D eigenvalue weighted by Crippen LogP contribution is -2.36. The van der Waals surface area contributed by atoms with Gasteiger partial charge in [-0.15, -0.1) is 0 Å². The zero-order chi connectivity index (χ0) is 18.1. The van der Waals surface area contributed by atoms with Crippen LogP contribution in [0.4, 0.5) is 10.5 Å². The molecular formula is C14H19N3O6S. The minimum Gasteiger partial charge on any atom is -0.444 e. The molecule has 2 heterocycles. The van der Waals surface area contributed by atoms with Gasteiger partial charge in [0.05, 0.1) is 10.2 Å². The number of nitrogens with zero attached hydrogens (tertiary/aromatic N) is 3. The predicted octanol–water partition coefficient (Wildman–Crippen LogP) is 1.77. The number of pyridine rings is 1. The number of carbonyl (C=O) groups excluding carboxylic acids is 1. The first-order valence-electron chi connectivity index (χ1n) is 7.33. The molecule has 1 fully saturated rings. The van der Waals surface area contributed by atoms with Crippen LogP contribution in [0.15, 0.2) is 23.4 Å². The van der Waals surface area contributed by atoms with Gasteiger partial charge in [0, 0.05) is 25.4 Å². The molecule has 2 rings (SSSR count). The topological polar surface area (TPSA) is 120 Å². The lowest BCUT2D eigenvalue weighted by atomic mass is 10.2. The van der Waals surface area contributed by atoms with E-state index in [1.807, 2.05) is 0 Å². The molecule has 1 atom stereocenters. The van der Waals surface area contributed by atoms with Gasteiger partial charge in [-0.1, -0.05) is 0 Å². The molecule has 0 aromatic carbocycles. The van der Waals surface area contributed by atoms with Gasteiger partial charge in [0.15, 0.2) is 0 Å². The van der Waals surface area contributed by atoms with E-state index in [9.17, 15) is 23.3 Å². The summed E-state index contributed by atoms with van der Waals surface area (Å²) in [5.41, 5.74) is -1.25. The van der Waals surface area contributed by atoms with Gasteiger partial charge in [0.1, 0.15) is 5.60 Å². The summed E-state index contributed by atoms with van der Waals surface area (Å²) >= 11 is 0. The van der Waals surface area contributed by atoms with Crippen molar-refractivity contribution in [2.24, 2.45) is 0 Å². The second-order valence-electron chi connectivity index (χ2n) is 6.47. The molecule has 0 bridgehead atoms. The van der Waals surface area contributed by atoms with Gasteiger partial charge in [-0.25, -0.2) is 18.2 Å². The number of likely N-dealkylation sites (tertiary alicyclic amines) is 1. The number of carbonyl (C=O) groups is 1. The van der Waals surface area contributed by atoms with Crippen LogP contribution in [-0.2, 0) is 14.6 Å². The summed E-state index contributed by atoms with van der Waals surface area (Å²) in [5, 5.41) is 9.52. The molecule has 0 radical (unpaired) electrons. The molecule has 0 spiro atoms. The monoisotopic (exact) mass is 357 g/mol. The number of ether oxygens (including phenoxy) is 1. The van der Waals surface area contributed by atoms with Gasteiger partial charge >= 0.3 is 11.8 Å². The van der Waals surface area contributed by atoms with Gasteiger partial charge in [-0.3, -0.25) is 10.1 Å². The summed E-state index contributed by atoms with van der Waals surface area (Å²) in [7, 11) is -4.03. The van der Waals surface area contributed by atoms with Crippen LogP contribution in [0.2, 0.25) is 0 Å². The van der Waals surface area contributed by atoms with Crippen LogP contribution in [0.1, 0.15) is 27.2 Å². The second kappa shape index (κ2) is 6.34. The molecule has 1 aliphatic rings. The molecule has 1 aliphatic heterocycles. The van der Waals surface area contributed by atoms with Crippen molar-refractivity contribution in [1.82, 2.24) is 9.88 Å². The molecule has 132 valence electrons. The Kier molecular flexibility index (Phi) is 4.79. The third-order valence-corrected chi connectivity index (χ3v) is 5.57. The molecule has 1 aromatic heterocycles. The number of aromatic nitrogens is 1. The van der Waals surface area contributed by atoms with Crippen molar-refractivity contribution in [3.05, 3.63) is 28.4 Å². The van der Waals surface area contributed by atoms with Crippen molar-refractivity contribution >= 4 is 21.6 Å². The molecule has 0 aliphatic carbocycles. The van der Waals surface area contributed by atoms with E-state index in [-0.39, 0.29) is 19.5 Å². The number of amides is 1. The number of hydrogen-bond donors (Lipinski definition) is 0. The van der Waals surface area contributed by atoms with Crippen molar-refractivity contribution in [3.63, 3.8) is 0 Å². The first kappa shape index (κ1) is 18.1.